The van der Waals surface area contributed by atoms with Gasteiger partial charge >= 0.3 is 6.18 Å². The molecule has 0 aliphatic heterocycles. The zero-order chi connectivity index (χ0) is 10.8. The molecule has 3 nitrogen and oxygen atoms in total. The van der Waals surface area contributed by atoms with Gasteiger partial charge in [0.05, 0.1) is 17.8 Å². The molecule has 0 amide bonds. The van der Waals surface area contributed by atoms with Gasteiger partial charge in [0.25, 0.3) is 0 Å². The second kappa shape index (κ2) is 3.93. The number of hydrogen-bond donors (Lipinski definition) is 1. The summed E-state index contributed by atoms with van der Waals surface area (Å²) in [5.41, 5.74) is -0.412. The van der Waals surface area contributed by atoms with E-state index in [0.717, 1.165) is 17.3 Å². The van der Waals surface area contributed by atoms with Crippen molar-refractivity contribution in [1.29, 1.82) is 0 Å². The first kappa shape index (κ1) is 10.9. The molecule has 0 aliphatic carbocycles. The molecule has 0 spiro atoms. The summed E-state index contributed by atoms with van der Waals surface area (Å²) in [5, 5.41) is 9.65. The second-order valence-corrected chi connectivity index (χ2v) is 2.85. The van der Waals surface area contributed by atoms with Crippen LogP contribution in [-0.2, 0) is 12.7 Å². The summed E-state index contributed by atoms with van der Waals surface area (Å²) in [6, 6.07) is 2.17. The van der Waals surface area contributed by atoms with Crippen molar-refractivity contribution in [2.75, 3.05) is 7.05 Å². The van der Waals surface area contributed by atoms with E-state index in [0.29, 0.717) is 5.69 Å². The quantitative estimate of drug-likeness (QED) is 0.751. The largest absolute Gasteiger partial charge is 0.417 e. The lowest BCUT2D eigenvalue weighted by atomic mass is 10.2. The third-order valence-corrected chi connectivity index (χ3v) is 1.54. The molecule has 0 fully saturated rings. The Balaban J connectivity index is 2.79. The molecular weight excluding hydrogens is 197 g/mol. The summed E-state index contributed by atoms with van der Waals surface area (Å²) in [4.78, 5) is 3.56. The summed E-state index contributed by atoms with van der Waals surface area (Å²) in [6.07, 6.45) is -3.62. The molecule has 1 aromatic rings. The predicted molar refractivity (Wildman–Crippen MR) is 42.5 cm³/mol. The van der Waals surface area contributed by atoms with Crippen LogP contribution in [0.2, 0.25) is 0 Å². The SMILES string of the molecule is CN(O)Cc1ccc(C(F)(F)F)cn1. The molecule has 1 rings (SSSR count). The number of nitrogens with zero attached hydrogens (tertiary/aromatic N) is 2. The van der Waals surface area contributed by atoms with Crippen LogP contribution in [0.4, 0.5) is 13.2 Å². The Morgan fingerprint density at radius 1 is 1.43 bits per heavy atom. The molecular formula is C8H9F3N2O. The first-order valence-electron chi connectivity index (χ1n) is 3.82. The highest BCUT2D eigenvalue weighted by Gasteiger charge is 2.30. The molecule has 14 heavy (non-hydrogen) atoms. The third kappa shape index (κ3) is 2.97. The van der Waals surface area contributed by atoms with Gasteiger partial charge in [-0.15, -0.1) is 0 Å². The van der Waals surface area contributed by atoms with Crippen molar-refractivity contribution in [2.45, 2.75) is 12.7 Å². The predicted octanol–water partition coefficient (Wildman–Crippen LogP) is 1.92. The Morgan fingerprint density at radius 2 is 2.07 bits per heavy atom. The number of hydrogen-bond acceptors (Lipinski definition) is 3. The maximum Gasteiger partial charge on any atom is 0.417 e. The van der Waals surface area contributed by atoms with Crippen molar-refractivity contribution < 1.29 is 18.4 Å². The van der Waals surface area contributed by atoms with E-state index < -0.39 is 11.7 Å². The summed E-state index contributed by atoms with van der Waals surface area (Å²) in [7, 11) is 1.39. The molecule has 0 aliphatic rings. The lowest BCUT2D eigenvalue weighted by molar-refractivity contribution is -0.137. The molecule has 78 valence electrons. The summed E-state index contributed by atoms with van der Waals surface area (Å²) < 4.78 is 36.2. The highest BCUT2D eigenvalue weighted by molar-refractivity contribution is 5.16. The van der Waals surface area contributed by atoms with Crippen molar-refractivity contribution in [3.8, 4) is 0 Å². The molecule has 1 heterocycles. The van der Waals surface area contributed by atoms with Crippen LogP contribution in [0.25, 0.3) is 0 Å². The van der Waals surface area contributed by atoms with Gasteiger partial charge in [0, 0.05) is 13.2 Å². The fourth-order valence-corrected chi connectivity index (χ4v) is 0.920. The standard InChI is InChI=1S/C8H9F3N2O/c1-13(14)5-7-3-2-6(4-12-7)8(9,10)11/h2-4,14H,5H2,1H3. The van der Waals surface area contributed by atoms with Gasteiger partial charge in [-0.25, -0.2) is 0 Å². The van der Waals surface area contributed by atoms with Crippen molar-refractivity contribution in [2.24, 2.45) is 0 Å². The van der Waals surface area contributed by atoms with Crippen LogP contribution in [0, 0.1) is 0 Å². The van der Waals surface area contributed by atoms with E-state index in [9.17, 15) is 13.2 Å². The number of alkyl halides is 3. The number of hydroxylamine groups is 2. The van der Waals surface area contributed by atoms with Crippen LogP contribution in [0.3, 0.4) is 0 Å². The third-order valence-electron chi connectivity index (χ3n) is 1.54. The Bertz CT molecular complexity index is 294. The number of aromatic nitrogens is 1. The zero-order valence-corrected chi connectivity index (χ0v) is 7.41. The topological polar surface area (TPSA) is 36.4 Å². The Hall–Kier alpha value is -1.14. The van der Waals surface area contributed by atoms with E-state index in [1.807, 2.05) is 0 Å². The zero-order valence-electron chi connectivity index (χ0n) is 7.41. The van der Waals surface area contributed by atoms with E-state index >= 15 is 0 Å². The lowest BCUT2D eigenvalue weighted by Crippen LogP contribution is -2.13. The van der Waals surface area contributed by atoms with E-state index in [-0.39, 0.29) is 6.54 Å². The van der Waals surface area contributed by atoms with E-state index in [4.69, 9.17) is 5.21 Å². The smallest absolute Gasteiger partial charge is 0.314 e. The maximum absolute atomic E-state index is 12.1. The Labute approximate surface area is 78.8 Å². The number of rotatable bonds is 2. The van der Waals surface area contributed by atoms with Crippen molar-refractivity contribution in [3.05, 3.63) is 29.6 Å². The van der Waals surface area contributed by atoms with Crippen LogP contribution in [0.1, 0.15) is 11.3 Å². The Kier molecular flexibility index (Phi) is 3.07. The fourth-order valence-electron chi connectivity index (χ4n) is 0.920. The maximum atomic E-state index is 12.1. The monoisotopic (exact) mass is 206 g/mol. The first-order valence-corrected chi connectivity index (χ1v) is 3.82. The first-order chi connectivity index (χ1) is 6.39. The van der Waals surface area contributed by atoms with Gasteiger partial charge in [0.2, 0.25) is 0 Å². The van der Waals surface area contributed by atoms with Crippen LogP contribution in [-0.4, -0.2) is 22.3 Å². The van der Waals surface area contributed by atoms with Gasteiger partial charge in [-0.05, 0) is 12.1 Å². The summed E-state index contributed by atoms with van der Waals surface area (Å²) in [6.45, 7) is 0.0954. The van der Waals surface area contributed by atoms with Gasteiger partial charge < -0.3 is 5.21 Å². The highest BCUT2D eigenvalue weighted by Crippen LogP contribution is 2.28. The van der Waals surface area contributed by atoms with E-state index in [1.54, 1.807) is 0 Å². The minimum atomic E-state index is -4.36. The van der Waals surface area contributed by atoms with Gasteiger partial charge in [-0.2, -0.15) is 18.2 Å². The molecule has 6 heteroatoms. The summed E-state index contributed by atoms with van der Waals surface area (Å²) in [5.74, 6) is 0. The molecule has 1 N–H and O–H groups in total. The number of pyridine rings is 1. The molecule has 0 saturated carbocycles. The minimum absolute atomic E-state index is 0.0954. The number of halogens is 3. The highest BCUT2D eigenvalue weighted by atomic mass is 19.4. The average Bonchev–Trinajstić information content (AvgIpc) is 2.02. The minimum Gasteiger partial charge on any atom is -0.314 e. The van der Waals surface area contributed by atoms with E-state index in [1.165, 1.54) is 13.1 Å². The molecule has 0 bridgehead atoms. The van der Waals surface area contributed by atoms with Gasteiger partial charge in [-0.1, -0.05) is 0 Å². The van der Waals surface area contributed by atoms with E-state index in [2.05, 4.69) is 4.98 Å². The average molecular weight is 206 g/mol. The lowest BCUT2D eigenvalue weighted by Gasteiger charge is -2.09. The molecule has 0 aromatic carbocycles. The fraction of sp³-hybridized carbons (Fsp3) is 0.375. The van der Waals surface area contributed by atoms with Crippen LogP contribution in [0.5, 0.6) is 0 Å². The Morgan fingerprint density at radius 3 is 2.43 bits per heavy atom. The van der Waals surface area contributed by atoms with Gasteiger partial charge in [-0.3, -0.25) is 4.98 Å². The van der Waals surface area contributed by atoms with Crippen LogP contribution >= 0.6 is 0 Å². The normalized spacial score (nSPS) is 12.1. The van der Waals surface area contributed by atoms with Gasteiger partial charge in [0.15, 0.2) is 0 Å². The molecule has 1 aromatic heterocycles. The molecule has 0 atom stereocenters. The van der Waals surface area contributed by atoms with Crippen molar-refractivity contribution in [1.82, 2.24) is 10.0 Å². The van der Waals surface area contributed by atoms with Crippen molar-refractivity contribution in [3.63, 3.8) is 0 Å². The second-order valence-electron chi connectivity index (χ2n) is 2.85. The summed E-state index contributed by atoms with van der Waals surface area (Å²) >= 11 is 0. The van der Waals surface area contributed by atoms with Gasteiger partial charge in [0.1, 0.15) is 0 Å². The molecule has 0 radical (unpaired) electrons. The molecule has 0 saturated heterocycles. The van der Waals surface area contributed by atoms with Crippen LogP contribution in [0.15, 0.2) is 18.3 Å². The van der Waals surface area contributed by atoms with Crippen LogP contribution < -0.4 is 0 Å². The molecule has 0 unspecified atom stereocenters. The van der Waals surface area contributed by atoms with Crippen molar-refractivity contribution >= 4 is 0 Å².